The Morgan fingerprint density at radius 1 is 1.13 bits per heavy atom. The molecule has 6 heteroatoms. The molecule has 0 spiro atoms. The van der Waals surface area contributed by atoms with Crippen molar-refractivity contribution in [1.29, 1.82) is 0 Å². The molecule has 120 valence electrons. The fourth-order valence-corrected chi connectivity index (χ4v) is 3.67. The zero-order chi connectivity index (χ0) is 15.8. The predicted molar refractivity (Wildman–Crippen MR) is 90.3 cm³/mol. The van der Waals surface area contributed by atoms with Gasteiger partial charge >= 0.3 is 0 Å². The lowest BCUT2D eigenvalue weighted by atomic mass is 9.94. The zero-order valence-electron chi connectivity index (χ0n) is 12.9. The minimum atomic E-state index is 0.203. The number of nitrogens with one attached hydrogen (secondary N) is 1. The van der Waals surface area contributed by atoms with Gasteiger partial charge in [0.2, 0.25) is 0 Å². The van der Waals surface area contributed by atoms with Gasteiger partial charge in [-0.25, -0.2) is 0 Å². The van der Waals surface area contributed by atoms with Crippen LogP contribution in [0.25, 0.3) is 11.3 Å². The Kier molecular flexibility index (Phi) is 3.53. The van der Waals surface area contributed by atoms with Gasteiger partial charge in [-0.3, -0.25) is 0 Å². The number of aromatic hydroxyl groups is 1. The van der Waals surface area contributed by atoms with Crippen LogP contribution < -0.4 is 16.0 Å². The molecule has 4 N–H and O–H groups in total. The second-order valence-electron chi connectivity index (χ2n) is 6.41. The quantitative estimate of drug-likeness (QED) is 0.783. The van der Waals surface area contributed by atoms with E-state index in [4.69, 9.17) is 5.73 Å². The second-order valence-corrected chi connectivity index (χ2v) is 6.41. The first-order valence-corrected chi connectivity index (χ1v) is 8.13. The lowest BCUT2D eigenvalue weighted by molar-refractivity contribution is 0.283. The van der Waals surface area contributed by atoms with Gasteiger partial charge in [-0.05, 0) is 31.0 Å². The van der Waals surface area contributed by atoms with Gasteiger partial charge in [0.25, 0.3) is 0 Å². The van der Waals surface area contributed by atoms with Crippen molar-refractivity contribution in [2.75, 3.05) is 23.7 Å². The van der Waals surface area contributed by atoms with E-state index in [0.717, 1.165) is 18.8 Å². The number of nitrogens with two attached hydrogens (primary N) is 1. The van der Waals surface area contributed by atoms with Gasteiger partial charge in [0.05, 0.1) is 11.4 Å². The van der Waals surface area contributed by atoms with Crippen molar-refractivity contribution in [2.45, 2.75) is 31.3 Å². The van der Waals surface area contributed by atoms with Crippen molar-refractivity contribution in [2.24, 2.45) is 0 Å². The molecule has 2 unspecified atom stereocenters. The Balaban J connectivity index is 1.69. The van der Waals surface area contributed by atoms with E-state index in [1.165, 1.54) is 19.3 Å². The highest BCUT2D eigenvalue weighted by Gasteiger charge is 2.31. The summed E-state index contributed by atoms with van der Waals surface area (Å²) in [4.78, 5) is 2.30. The molecule has 0 radical (unpaired) electrons. The first-order chi connectivity index (χ1) is 11.2. The van der Waals surface area contributed by atoms with E-state index in [0.29, 0.717) is 29.2 Å². The molecule has 2 atom stereocenters. The maximum Gasteiger partial charge on any atom is 0.169 e. The number of hydrogen-bond acceptors (Lipinski definition) is 6. The minimum Gasteiger partial charge on any atom is -0.507 e. The average Bonchev–Trinajstić information content (AvgIpc) is 2.55. The summed E-state index contributed by atoms with van der Waals surface area (Å²) in [5.74, 6) is 0.652. The monoisotopic (exact) mass is 311 g/mol. The molecule has 23 heavy (non-hydrogen) atoms. The maximum atomic E-state index is 10.0. The van der Waals surface area contributed by atoms with Crippen LogP contribution in [0.3, 0.4) is 0 Å². The summed E-state index contributed by atoms with van der Waals surface area (Å²) in [5.41, 5.74) is 8.33. The second kappa shape index (κ2) is 5.70. The molecule has 2 aliphatic rings. The number of benzene rings is 1. The number of hydrogen-bond donors (Lipinski definition) is 3. The summed E-state index contributed by atoms with van der Waals surface area (Å²) in [7, 11) is 0. The molecule has 4 rings (SSSR count). The summed E-state index contributed by atoms with van der Waals surface area (Å²) in [6.07, 6.45) is 3.71. The number of rotatable bonds is 2. The normalized spacial score (nSPS) is 23.7. The number of nitrogens with zero attached hydrogens (tertiary/aromatic N) is 3. The van der Waals surface area contributed by atoms with Crippen LogP contribution in [0.1, 0.15) is 19.3 Å². The molecule has 2 aliphatic heterocycles. The third-order valence-corrected chi connectivity index (χ3v) is 4.78. The standard InChI is InChI=1S/C17H21N5O/c18-17-15(22-9-11-4-3-5-12(10-22)19-11)8-14(20-21-17)13-6-1-2-7-16(13)23/h1-2,6-8,11-12,19,23H,3-5,9-10H2,(H2,18,21). The highest BCUT2D eigenvalue weighted by molar-refractivity contribution is 5.74. The van der Waals surface area contributed by atoms with Gasteiger partial charge in [0.1, 0.15) is 5.75 Å². The average molecular weight is 311 g/mol. The molecule has 2 bridgehead atoms. The predicted octanol–water partition coefficient (Wildman–Crippen LogP) is 1.76. The number of anilines is 2. The van der Waals surface area contributed by atoms with Crippen molar-refractivity contribution in [3.8, 4) is 17.0 Å². The topological polar surface area (TPSA) is 87.3 Å². The molecule has 2 aromatic rings. The van der Waals surface area contributed by atoms with Crippen LogP contribution in [0.4, 0.5) is 11.5 Å². The minimum absolute atomic E-state index is 0.203. The van der Waals surface area contributed by atoms with E-state index >= 15 is 0 Å². The number of fused-ring (bicyclic) bond motifs is 2. The van der Waals surface area contributed by atoms with E-state index < -0.39 is 0 Å². The Bertz CT molecular complexity index is 708. The highest BCUT2D eigenvalue weighted by atomic mass is 16.3. The van der Waals surface area contributed by atoms with Gasteiger partial charge in [-0.1, -0.05) is 18.6 Å². The fourth-order valence-electron chi connectivity index (χ4n) is 3.67. The van der Waals surface area contributed by atoms with E-state index in [1.807, 2.05) is 18.2 Å². The van der Waals surface area contributed by atoms with Crippen molar-refractivity contribution in [1.82, 2.24) is 15.5 Å². The molecule has 2 saturated heterocycles. The van der Waals surface area contributed by atoms with Crippen LogP contribution in [-0.4, -0.2) is 40.5 Å². The third kappa shape index (κ3) is 2.70. The molecule has 0 aliphatic carbocycles. The fraction of sp³-hybridized carbons (Fsp3) is 0.412. The van der Waals surface area contributed by atoms with Crippen LogP contribution in [0, 0.1) is 0 Å². The summed E-state index contributed by atoms with van der Waals surface area (Å²) in [6, 6.07) is 10.1. The molecule has 0 saturated carbocycles. The molecule has 6 nitrogen and oxygen atoms in total. The maximum absolute atomic E-state index is 10.0. The molecule has 3 heterocycles. The first-order valence-electron chi connectivity index (χ1n) is 8.13. The molecule has 1 aromatic heterocycles. The van der Waals surface area contributed by atoms with Gasteiger partial charge in [-0.15, -0.1) is 10.2 Å². The van der Waals surface area contributed by atoms with E-state index in [2.05, 4.69) is 20.4 Å². The SMILES string of the molecule is Nc1nnc(-c2ccccc2O)cc1N1CC2CCCC(C1)N2. The van der Waals surface area contributed by atoms with Crippen LogP contribution >= 0.6 is 0 Å². The molecule has 2 fully saturated rings. The molecule has 0 amide bonds. The number of para-hydroxylation sites is 1. The van der Waals surface area contributed by atoms with Gasteiger partial charge in [0.15, 0.2) is 5.82 Å². The van der Waals surface area contributed by atoms with E-state index in [1.54, 1.807) is 12.1 Å². The summed E-state index contributed by atoms with van der Waals surface area (Å²) in [5, 5.41) is 22.0. The van der Waals surface area contributed by atoms with Crippen LogP contribution in [0.2, 0.25) is 0 Å². The Labute approximate surface area is 135 Å². The number of phenolic OH excluding ortho intramolecular Hbond substituents is 1. The van der Waals surface area contributed by atoms with Gasteiger partial charge in [0, 0.05) is 30.7 Å². The van der Waals surface area contributed by atoms with E-state index in [9.17, 15) is 5.11 Å². The Morgan fingerprint density at radius 3 is 2.61 bits per heavy atom. The molecular formula is C17H21N5O. The number of aromatic nitrogens is 2. The van der Waals surface area contributed by atoms with E-state index in [-0.39, 0.29) is 5.75 Å². The zero-order valence-corrected chi connectivity index (χ0v) is 12.9. The van der Waals surface area contributed by atoms with Crippen molar-refractivity contribution in [3.63, 3.8) is 0 Å². The number of phenols is 1. The first kappa shape index (κ1) is 14.3. The van der Waals surface area contributed by atoms with Gasteiger partial charge < -0.3 is 21.1 Å². The number of piperazine rings is 1. The lowest BCUT2D eigenvalue weighted by Gasteiger charge is -2.43. The largest absolute Gasteiger partial charge is 0.507 e. The van der Waals surface area contributed by atoms with Crippen LogP contribution in [0.5, 0.6) is 5.75 Å². The number of piperidine rings is 1. The van der Waals surface area contributed by atoms with Crippen molar-refractivity contribution in [3.05, 3.63) is 30.3 Å². The lowest BCUT2D eigenvalue weighted by Crippen LogP contribution is -2.58. The number of nitrogen functional groups attached to an aromatic ring is 1. The van der Waals surface area contributed by atoms with Crippen molar-refractivity contribution < 1.29 is 5.11 Å². The summed E-state index contributed by atoms with van der Waals surface area (Å²) in [6.45, 7) is 1.87. The smallest absolute Gasteiger partial charge is 0.169 e. The van der Waals surface area contributed by atoms with Crippen LogP contribution in [-0.2, 0) is 0 Å². The summed E-state index contributed by atoms with van der Waals surface area (Å²) < 4.78 is 0. The third-order valence-electron chi connectivity index (χ3n) is 4.78. The van der Waals surface area contributed by atoms with Crippen LogP contribution in [0.15, 0.2) is 30.3 Å². The Morgan fingerprint density at radius 2 is 1.87 bits per heavy atom. The van der Waals surface area contributed by atoms with Gasteiger partial charge in [-0.2, -0.15) is 0 Å². The summed E-state index contributed by atoms with van der Waals surface area (Å²) >= 11 is 0. The Hall–Kier alpha value is -2.34. The molecular weight excluding hydrogens is 290 g/mol. The van der Waals surface area contributed by atoms with Crippen molar-refractivity contribution >= 4 is 11.5 Å². The highest BCUT2D eigenvalue weighted by Crippen LogP contribution is 2.33. The molecule has 1 aromatic carbocycles.